The van der Waals surface area contributed by atoms with Crippen molar-refractivity contribution in [3.05, 3.63) is 0 Å². The largest absolute Gasteiger partial charge is 0.480 e. The van der Waals surface area contributed by atoms with Gasteiger partial charge in [-0.25, -0.2) is 4.79 Å². The van der Waals surface area contributed by atoms with Gasteiger partial charge in [0.15, 0.2) is 6.04 Å². The molecule has 0 aromatic carbocycles. The van der Waals surface area contributed by atoms with Gasteiger partial charge in [0.1, 0.15) is 12.1 Å². The molecule has 0 heterocycles. The summed E-state index contributed by atoms with van der Waals surface area (Å²) in [5, 5.41) is 26.2. The second kappa shape index (κ2) is 14.5. The maximum Gasteiger partial charge on any atom is 0.328 e. The molecule has 0 aromatic heterocycles. The second-order valence-corrected chi connectivity index (χ2v) is 8.74. The van der Waals surface area contributed by atoms with Gasteiger partial charge >= 0.3 is 5.97 Å². The number of nitrogens with one attached hydrogen (secondary N) is 3. The second-order valence-electron chi connectivity index (χ2n) is 7.39. The van der Waals surface area contributed by atoms with Crippen molar-refractivity contribution in [1.82, 2.24) is 16.0 Å². The Bertz CT molecular complexity index is 591. The molecule has 0 bridgehead atoms. The summed E-state index contributed by atoms with van der Waals surface area (Å²) in [4.78, 5) is 48.8. The highest BCUT2D eigenvalue weighted by Gasteiger charge is 2.31. The van der Waals surface area contributed by atoms with E-state index in [-0.39, 0.29) is 18.1 Å². The van der Waals surface area contributed by atoms with Crippen LogP contribution in [0.25, 0.3) is 0 Å². The molecule has 0 saturated heterocycles. The van der Waals surface area contributed by atoms with Gasteiger partial charge in [-0.2, -0.15) is 24.4 Å². The van der Waals surface area contributed by atoms with Crippen LogP contribution in [0.4, 0.5) is 0 Å². The van der Waals surface area contributed by atoms with Crippen LogP contribution in [0, 0.1) is 5.92 Å². The molecular formula is C18H34N4O6S2. The number of hydrogen-bond acceptors (Lipinski definition) is 8. The highest BCUT2D eigenvalue weighted by Crippen LogP contribution is 2.08. The molecule has 30 heavy (non-hydrogen) atoms. The van der Waals surface area contributed by atoms with E-state index in [9.17, 15) is 24.3 Å². The third-order valence-electron chi connectivity index (χ3n) is 4.16. The molecule has 5 unspecified atom stereocenters. The Kier molecular flexibility index (Phi) is 13.8. The molecule has 12 heteroatoms. The fourth-order valence-electron chi connectivity index (χ4n) is 2.48. The van der Waals surface area contributed by atoms with Crippen LogP contribution in [-0.4, -0.2) is 81.9 Å². The normalized spacial score (nSPS) is 16.1. The molecule has 0 spiro atoms. The molecule has 0 aliphatic carbocycles. The number of carbonyl (C=O) groups is 4. The van der Waals surface area contributed by atoms with Crippen LogP contribution < -0.4 is 21.7 Å². The Balaban J connectivity index is 5.40. The van der Waals surface area contributed by atoms with Crippen molar-refractivity contribution >= 4 is 48.1 Å². The number of carbonyl (C=O) groups excluding carboxylic acids is 3. The number of aliphatic hydroxyl groups is 1. The van der Waals surface area contributed by atoms with Gasteiger partial charge in [0.2, 0.25) is 17.7 Å². The lowest BCUT2D eigenvalue weighted by molar-refractivity contribution is -0.145. The molecule has 0 saturated carbocycles. The van der Waals surface area contributed by atoms with E-state index in [0.717, 1.165) is 0 Å². The maximum absolute atomic E-state index is 12.8. The lowest BCUT2D eigenvalue weighted by atomic mass is 10.0. The fraction of sp³-hybridized carbons (Fsp3) is 0.778. The van der Waals surface area contributed by atoms with E-state index < -0.39 is 54.0 Å². The first kappa shape index (κ1) is 28.5. The Morgan fingerprint density at radius 3 is 1.97 bits per heavy atom. The predicted molar refractivity (Wildman–Crippen MR) is 119 cm³/mol. The molecular weight excluding hydrogens is 432 g/mol. The molecule has 0 aromatic rings. The van der Waals surface area contributed by atoms with Crippen molar-refractivity contribution in [3.63, 3.8) is 0 Å². The number of carboxylic acids is 1. The highest BCUT2D eigenvalue weighted by atomic mass is 32.2. The van der Waals surface area contributed by atoms with E-state index in [1.54, 1.807) is 0 Å². The van der Waals surface area contributed by atoms with Gasteiger partial charge in [-0.3, -0.25) is 14.4 Å². The number of thiol groups is 1. The van der Waals surface area contributed by atoms with E-state index in [1.165, 1.54) is 18.7 Å². The number of aliphatic hydroxyl groups excluding tert-OH is 1. The van der Waals surface area contributed by atoms with Crippen molar-refractivity contribution in [2.45, 2.75) is 63.9 Å². The van der Waals surface area contributed by atoms with Crippen LogP contribution in [-0.2, 0) is 19.2 Å². The number of carboxylic acid groups (broad SMARTS) is 1. The van der Waals surface area contributed by atoms with Crippen molar-refractivity contribution in [2.24, 2.45) is 11.7 Å². The molecule has 10 nitrogen and oxygen atoms in total. The van der Waals surface area contributed by atoms with Gasteiger partial charge in [-0.05, 0) is 37.7 Å². The molecule has 0 rings (SSSR count). The molecule has 0 aliphatic rings. The third-order valence-corrected chi connectivity index (χ3v) is 5.20. The first-order valence-electron chi connectivity index (χ1n) is 9.61. The summed E-state index contributed by atoms with van der Waals surface area (Å²) in [6, 6.07) is -4.34. The summed E-state index contributed by atoms with van der Waals surface area (Å²) in [5.74, 6) is -2.53. The summed E-state index contributed by atoms with van der Waals surface area (Å²) < 4.78 is 0. The topological polar surface area (TPSA) is 171 Å². The van der Waals surface area contributed by atoms with Crippen LogP contribution in [0.1, 0.15) is 33.6 Å². The van der Waals surface area contributed by atoms with Crippen molar-refractivity contribution in [3.8, 4) is 0 Å². The van der Waals surface area contributed by atoms with Gasteiger partial charge in [0, 0.05) is 5.75 Å². The quantitative estimate of drug-likeness (QED) is 0.159. The van der Waals surface area contributed by atoms with Crippen LogP contribution >= 0.6 is 24.4 Å². The maximum atomic E-state index is 12.8. The minimum Gasteiger partial charge on any atom is -0.480 e. The highest BCUT2D eigenvalue weighted by molar-refractivity contribution is 7.98. The number of aliphatic carboxylic acids is 1. The number of amides is 3. The first-order valence-corrected chi connectivity index (χ1v) is 11.6. The average molecular weight is 467 g/mol. The summed E-state index contributed by atoms with van der Waals surface area (Å²) in [6.07, 6.45) is 1.06. The van der Waals surface area contributed by atoms with Gasteiger partial charge in [0.05, 0.1) is 12.1 Å². The number of hydrogen-bond donors (Lipinski definition) is 7. The van der Waals surface area contributed by atoms with Crippen LogP contribution in [0.5, 0.6) is 0 Å². The molecule has 7 N–H and O–H groups in total. The Morgan fingerprint density at radius 2 is 1.53 bits per heavy atom. The molecule has 0 aliphatic heterocycles. The molecule has 174 valence electrons. The minimum absolute atomic E-state index is 0.0679. The number of rotatable bonds is 14. The van der Waals surface area contributed by atoms with Gasteiger partial charge in [0.25, 0.3) is 0 Å². The number of thioether (sulfide) groups is 1. The lowest BCUT2D eigenvalue weighted by Crippen LogP contribution is -2.58. The van der Waals surface area contributed by atoms with E-state index in [0.29, 0.717) is 12.2 Å². The Morgan fingerprint density at radius 1 is 1.00 bits per heavy atom. The predicted octanol–water partition coefficient (Wildman–Crippen LogP) is -1.04. The standard InChI is InChI=1S/C18H34N4O6S2/c1-9(2)7-13(21-15(24)11(19)8-29)17(26)20-12(5-6-30-4)16(25)22-14(10(3)23)18(27)28/h9-14,23,29H,5-8,19H2,1-4H3,(H,20,26)(H,21,24)(H,22,25)(H,27,28). The zero-order chi connectivity index (χ0) is 23.4. The van der Waals surface area contributed by atoms with Gasteiger partial charge in [-0.15, -0.1) is 0 Å². The monoisotopic (exact) mass is 466 g/mol. The Labute approximate surface area is 186 Å². The summed E-state index contributed by atoms with van der Waals surface area (Å²) >= 11 is 5.43. The van der Waals surface area contributed by atoms with Gasteiger partial charge < -0.3 is 31.9 Å². The summed E-state index contributed by atoms with van der Waals surface area (Å²) in [7, 11) is 0. The van der Waals surface area contributed by atoms with Crippen LogP contribution in [0.3, 0.4) is 0 Å². The SMILES string of the molecule is CSCCC(NC(=O)C(CC(C)C)NC(=O)C(N)CS)C(=O)NC(C(=O)O)C(C)O. The molecule has 3 amide bonds. The zero-order valence-corrected chi connectivity index (χ0v) is 19.5. The Hall–Kier alpha value is -1.50. The van der Waals surface area contributed by atoms with E-state index in [2.05, 4.69) is 28.6 Å². The van der Waals surface area contributed by atoms with Crippen LogP contribution in [0.2, 0.25) is 0 Å². The first-order chi connectivity index (χ1) is 13.9. The van der Waals surface area contributed by atoms with Gasteiger partial charge in [-0.1, -0.05) is 13.8 Å². The molecule has 5 atom stereocenters. The summed E-state index contributed by atoms with van der Waals surface area (Å²) in [5.41, 5.74) is 5.66. The van der Waals surface area contributed by atoms with Crippen molar-refractivity contribution in [2.75, 3.05) is 17.8 Å². The van der Waals surface area contributed by atoms with Crippen molar-refractivity contribution < 1.29 is 29.4 Å². The molecule has 0 fully saturated rings. The van der Waals surface area contributed by atoms with E-state index in [1.807, 2.05) is 20.1 Å². The smallest absolute Gasteiger partial charge is 0.328 e. The molecule has 0 radical (unpaired) electrons. The summed E-state index contributed by atoms with van der Waals surface area (Å²) in [6.45, 7) is 5.00. The number of nitrogens with two attached hydrogens (primary N) is 1. The zero-order valence-electron chi connectivity index (χ0n) is 17.8. The fourth-order valence-corrected chi connectivity index (χ4v) is 3.12. The van der Waals surface area contributed by atoms with Crippen LogP contribution in [0.15, 0.2) is 0 Å². The third kappa shape index (κ3) is 10.5. The minimum atomic E-state index is -1.51. The van der Waals surface area contributed by atoms with E-state index in [4.69, 9.17) is 10.8 Å². The average Bonchev–Trinajstić information content (AvgIpc) is 2.66. The lowest BCUT2D eigenvalue weighted by Gasteiger charge is -2.26. The van der Waals surface area contributed by atoms with Crippen molar-refractivity contribution in [1.29, 1.82) is 0 Å². The van der Waals surface area contributed by atoms with E-state index >= 15 is 0 Å².